The van der Waals surface area contributed by atoms with Gasteiger partial charge in [-0.25, -0.2) is 4.98 Å². The summed E-state index contributed by atoms with van der Waals surface area (Å²) >= 11 is 0. The van der Waals surface area contributed by atoms with E-state index in [1.165, 1.54) is 16.5 Å². The van der Waals surface area contributed by atoms with E-state index in [1.54, 1.807) is 36.7 Å². The molecular weight excluding hydrogens is 450 g/mol. The zero-order valence-corrected chi connectivity index (χ0v) is 22.6. The highest BCUT2D eigenvalue weighted by molar-refractivity contribution is 5.99. The van der Waals surface area contributed by atoms with Crippen molar-refractivity contribution in [3.63, 3.8) is 0 Å². The van der Waals surface area contributed by atoms with Crippen molar-refractivity contribution >= 4 is 17.5 Å². The molecule has 0 saturated carbocycles. The molecule has 1 atom stereocenters. The first-order valence-corrected chi connectivity index (χ1v) is 12.8. The van der Waals surface area contributed by atoms with Crippen molar-refractivity contribution in [2.75, 3.05) is 5.32 Å². The van der Waals surface area contributed by atoms with E-state index in [0.717, 1.165) is 24.2 Å². The Morgan fingerprint density at radius 2 is 1.72 bits per heavy atom. The lowest BCUT2D eigenvalue weighted by atomic mass is 9.76. The van der Waals surface area contributed by atoms with E-state index in [2.05, 4.69) is 64.0 Å². The molecule has 0 saturated heterocycles. The van der Waals surface area contributed by atoms with E-state index >= 15 is 0 Å². The van der Waals surface area contributed by atoms with Crippen LogP contribution in [0.3, 0.4) is 0 Å². The number of carbonyl (C=O) groups is 2. The number of benzene rings is 2. The third kappa shape index (κ3) is 6.04. The first-order chi connectivity index (χ1) is 17.0. The van der Waals surface area contributed by atoms with Crippen LogP contribution in [0.25, 0.3) is 0 Å². The molecule has 2 aromatic carbocycles. The fourth-order valence-electron chi connectivity index (χ4n) is 3.93. The average Bonchev–Trinajstić information content (AvgIpc) is 3.42. The maximum Gasteiger partial charge on any atom is 0.265 e. The minimum Gasteiger partial charge on any atom is -0.480 e. The maximum atomic E-state index is 13.2. The number of hydrogen-bond donors (Lipinski definition) is 1. The average molecular weight is 490 g/mol. The Balaban J connectivity index is 1.84. The molecule has 0 aliphatic rings. The Morgan fingerprint density at radius 3 is 2.33 bits per heavy atom. The first-order valence-electron chi connectivity index (χ1n) is 12.8. The lowest BCUT2D eigenvalue weighted by Gasteiger charge is -2.31. The number of anilines is 1. The summed E-state index contributed by atoms with van der Waals surface area (Å²) in [5.41, 5.74) is 3.33. The van der Waals surface area contributed by atoms with Gasteiger partial charge >= 0.3 is 0 Å². The molecule has 6 nitrogen and oxygen atoms in total. The Morgan fingerprint density at radius 1 is 1.00 bits per heavy atom. The van der Waals surface area contributed by atoms with E-state index in [0.29, 0.717) is 17.7 Å². The summed E-state index contributed by atoms with van der Waals surface area (Å²) in [6.45, 7) is 15.2. The Bertz CT molecular complexity index is 1200. The van der Waals surface area contributed by atoms with Crippen molar-refractivity contribution in [3.8, 4) is 5.75 Å². The molecule has 1 heterocycles. The number of rotatable bonds is 10. The highest BCUT2D eigenvalue weighted by atomic mass is 16.5. The van der Waals surface area contributed by atoms with Gasteiger partial charge in [0.05, 0.1) is 0 Å². The molecule has 1 aromatic heterocycles. The highest BCUT2D eigenvalue weighted by Crippen LogP contribution is 2.39. The molecule has 1 amide bonds. The number of nitrogens with one attached hydrogen (secondary N) is 1. The van der Waals surface area contributed by atoms with Crippen molar-refractivity contribution in [2.45, 2.75) is 84.7 Å². The van der Waals surface area contributed by atoms with E-state index in [1.807, 2.05) is 13.0 Å². The fraction of sp³-hybridized carbons (Fsp3) is 0.433. The predicted octanol–water partition coefficient (Wildman–Crippen LogP) is 6.74. The van der Waals surface area contributed by atoms with E-state index in [-0.39, 0.29) is 22.6 Å². The number of nitrogens with zero attached hydrogens (tertiary/aromatic N) is 2. The summed E-state index contributed by atoms with van der Waals surface area (Å²) in [7, 11) is 0. The van der Waals surface area contributed by atoms with Gasteiger partial charge in [0.25, 0.3) is 11.8 Å². The van der Waals surface area contributed by atoms with Gasteiger partial charge in [-0.05, 0) is 59.9 Å². The standard InChI is InChI=1S/C30H39N3O3/c1-8-25(27(34)32-23-13-11-12-21(18-23)28(35)33-17-16-31-20-33)36-26-15-14-22(29(4,5)9-2)19-24(26)30(6,7)10-3/h11-20,25H,8-10H2,1-7H3,(H,32,34). The van der Waals surface area contributed by atoms with Crippen molar-refractivity contribution < 1.29 is 14.3 Å². The number of hydrogen-bond acceptors (Lipinski definition) is 4. The SMILES string of the molecule is CCC(Oc1ccc(C(C)(C)CC)cc1C(C)(C)CC)C(=O)Nc1cccc(C(=O)n2ccnc2)c1. The Hall–Kier alpha value is -3.41. The van der Waals surface area contributed by atoms with Gasteiger partial charge in [-0.2, -0.15) is 0 Å². The summed E-state index contributed by atoms with van der Waals surface area (Å²) < 4.78 is 7.77. The molecule has 3 aromatic rings. The maximum absolute atomic E-state index is 13.2. The van der Waals surface area contributed by atoms with Crippen molar-refractivity contribution in [3.05, 3.63) is 77.9 Å². The van der Waals surface area contributed by atoms with Crippen LogP contribution in [0.15, 0.2) is 61.2 Å². The molecule has 36 heavy (non-hydrogen) atoms. The molecule has 192 valence electrons. The summed E-state index contributed by atoms with van der Waals surface area (Å²) in [5.74, 6) is 0.278. The molecule has 6 heteroatoms. The number of carbonyl (C=O) groups excluding carboxylic acids is 2. The number of aromatic nitrogens is 2. The van der Waals surface area contributed by atoms with E-state index in [4.69, 9.17) is 4.74 Å². The molecule has 0 radical (unpaired) electrons. The minimum atomic E-state index is -0.672. The lowest BCUT2D eigenvalue weighted by molar-refractivity contribution is -0.122. The molecule has 1 N–H and O–H groups in total. The van der Waals surface area contributed by atoms with Crippen molar-refractivity contribution in [2.24, 2.45) is 0 Å². The molecule has 0 bridgehead atoms. The zero-order chi connectivity index (χ0) is 26.5. The van der Waals surface area contributed by atoms with Crippen LogP contribution in [0, 0.1) is 0 Å². The van der Waals surface area contributed by atoms with Crippen LogP contribution in [0.2, 0.25) is 0 Å². The van der Waals surface area contributed by atoms with Crippen LogP contribution in [0.1, 0.15) is 89.2 Å². The number of imidazole rings is 1. The van der Waals surface area contributed by atoms with E-state index in [9.17, 15) is 9.59 Å². The van der Waals surface area contributed by atoms with Gasteiger partial charge in [-0.1, -0.05) is 66.7 Å². The largest absolute Gasteiger partial charge is 0.480 e. The predicted molar refractivity (Wildman–Crippen MR) is 145 cm³/mol. The van der Waals surface area contributed by atoms with Gasteiger partial charge in [-0.15, -0.1) is 0 Å². The topological polar surface area (TPSA) is 73.2 Å². The summed E-state index contributed by atoms with van der Waals surface area (Å²) in [5, 5.41) is 2.93. The van der Waals surface area contributed by atoms with Crippen LogP contribution < -0.4 is 10.1 Å². The highest BCUT2D eigenvalue weighted by Gasteiger charge is 2.29. The molecule has 0 aliphatic carbocycles. The lowest BCUT2D eigenvalue weighted by Crippen LogP contribution is -2.33. The van der Waals surface area contributed by atoms with E-state index < -0.39 is 6.10 Å². The van der Waals surface area contributed by atoms with Gasteiger partial charge in [0.1, 0.15) is 12.1 Å². The number of amides is 1. The van der Waals surface area contributed by atoms with Crippen LogP contribution >= 0.6 is 0 Å². The summed E-state index contributed by atoms with van der Waals surface area (Å²) in [4.78, 5) is 29.8. The van der Waals surface area contributed by atoms with Crippen LogP contribution in [-0.2, 0) is 15.6 Å². The third-order valence-electron chi connectivity index (χ3n) is 7.31. The summed E-state index contributed by atoms with van der Waals surface area (Å²) in [6.07, 6.45) is 6.41. The smallest absolute Gasteiger partial charge is 0.265 e. The fourth-order valence-corrected chi connectivity index (χ4v) is 3.93. The van der Waals surface area contributed by atoms with Gasteiger partial charge in [0.15, 0.2) is 6.10 Å². The first kappa shape index (κ1) is 27.2. The monoisotopic (exact) mass is 489 g/mol. The van der Waals surface area contributed by atoms with Crippen molar-refractivity contribution in [1.29, 1.82) is 0 Å². The second-order valence-electron chi connectivity index (χ2n) is 10.5. The molecule has 0 aliphatic heterocycles. The van der Waals surface area contributed by atoms with Gasteiger partial charge in [0.2, 0.25) is 0 Å². The minimum absolute atomic E-state index is 0.0534. The number of ether oxygens (including phenoxy) is 1. The third-order valence-corrected chi connectivity index (χ3v) is 7.31. The van der Waals surface area contributed by atoms with Gasteiger partial charge in [0, 0.05) is 29.2 Å². The quantitative estimate of drug-likeness (QED) is 0.342. The molecule has 1 unspecified atom stereocenters. The van der Waals surface area contributed by atoms with Gasteiger partial charge in [-0.3, -0.25) is 14.2 Å². The summed E-state index contributed by atoms with van der Waals surface area (Å²) in [6, 6.07) is 13.3. The molecule has 0 spiro atoms. The Kier molecular flexibility index (Phi) is 8.39. The second kappa shape index (κ2) is 11.1. The molecule has 3 rings (SSSR count). The van der Waals surface area contributed by atoms with Crippen LogP contribution in [0.4, 0.5) is 5.69 Å². The zero-order valence-electron chi connectivity index (χ0n) is 22.6. The van der Waals surface area contributed by atoms with Gasteiger partial charge < -0.3 is 10.1 Å². The van der Waals surface area contributed by atoms with Crippen LogP contribution in [-0.4, -0.2) is 27.5 Å². The van der Waals surface area contributed by atoms with Crippen molar-refractivity contribution in [1.82, 2.24) is 9.55 Å². The Labute approximate surface area is 215 Å². The normalized spacial score (nSPS) is 12.8. The molecule has 0 fully saturated rings. The molecular formula is C30H39N3O3. The van der Waals surface area contributed by atoms with Crippen LogP contribution in [0.5, 0.6) is 5.75 Å². The second-order valence-corrected chi connectivity index (χ2v) is 10.5.